The molecule has 3 aromatic heterocycles. The van der Waals surface area contributed by atoms with E-state index in [1.165, 1.54) is 17.0 Å². The van der Waals surface area contributed by atoms with Crippen LogP contribution >= 0.6 is 14.5 Å². The Morgan fingerprint density at radius 2 is 1.86 bits per heavy atom. The average molecular weight is 654 g/mol. The van der Waals surface area contributed by atoms with Gasteiger partial charge in [-0.1, -0.05) is 0 Å². The summed E-state index contributed by atoms with van der Waals surface area (Å²) in [5, 5.41) is 6.16. The first-order chi connectivity index (χ1) is 19.8. The van der Waals surface area contributed by atoms with Crippen LogP contribution in [0, 0.1) is 0 Å². The van der Waals surface area contributed by atoms with Gasteiger partial charge in [0.1, 0.15) is 48.1 Å². The molecular formula is C19H22F2N8O10P2S. The predicted octanol–water partition coefficient (Wildman–Crippen LogP) is 0.0786. The van der Waals surface area contributed by atoms with Crippen molar-refractivity contribution in [2.24, 2.45) is 5.73 Å². The summed E-state index contributed by atoms with van der Waals surface area (Å²) < 4.78 is 77.6. The van der Waals surface area contributed by atoms with Gasteiger partial charge in [-0.3, -0.25) is 28.0 Å². The number of H-pyrrole nitrogens is 1. The molecule has 10 atom stereocenters. The molecule has 0 saturated carbocycles. The monoisotopic (exact) mass is 654 g/mol. The summed E-state index contributed by atoms with van der Waals surface area (Å²) in [5.41, 5.74) is 11.1. The van der Waals surface area contributed by atoms with Crippen molar-refractivity contribution >= 4 is 49.2 Å². The van der Waals surface area contributed by atoms with E-state index in [4.69, 9.17) is 50.8 Å². The molecule has 3 aromatic rings. The molecule has 1 amide bonds. The largest absolute Gasteiger partial charge is 0.472 e. The molecule has 42 heavy (non-hydrogen) atoms. The molecule has 18 nitrogen and oxygen atoms in total. The second-order valence-corrected chi connectivity index (χ2v) is 13.6. The fraction of sp³-hybridized carbons (Fsp3) is 0.526. The Balaban J connectivity index is 1.29. The van der Waals surface area contributed by atoms with E-state index in [1.807, 2.05) is 0 Å². The van der Waals surface area contributed by atoms with Crippen molar-refractivity contribution in [1.82, 2.24) is 29.7 Å². The summed E-state index contributed by atoms with van der Waals surface area (Å²) in [7, 11) is -5.10. The number of halogens is 2. The first-order valence-electron chi connectivity index (χ1n) is 12.0. The Morgan fingerprint density at radius 3 is 2.60 bits per heavy atom. The summed E-state index contributed by atoms with van der Waals surface area (Å²) in [4.78, 5) is 44.6. The smallest absolute Gasteiger partial charge is 0.382 e. The highest BCUT2D eigenvalue weighted by molar-refractivity contribution is 8.07. The quantitative estimate of drug-likeness (QED) is 0.234. The van der Waals surface area contributed by atoms with Crippen LogP contribution in [0.5, 0.6) is 0 Å². The molecule has 0 aromatic carbocycles. The maximum absolute atomic E-state index is 15.8. The number of alkyl halides is 2. The molecule has 0 spiro atoms. The molecule has 0 radical (unpaired) electrons. The number of rotatable bonds is 3. The van der Waals surface area contributed by atoms with Gasteiger partial charge in [-0.05, 0) is 17.9 Å². The van der Waals surface area contributed by atoms with Crippen LogP contribution in [0.3, 0.4) is 0 Å². The molecule has 6 heterocycles. The van der Waals surface area contributed by atoms with E-state index in [0.29, 0.717) is 0 Å². The van der Waals surface area contributed by atoms with Gasteiger partial charge in [0.05, 0.1) is 25.2 Å². The molecule has 23 heteroatoms. The third kappa shape index (κ3) is 5.46. The lowest BCUT2D eigenvalue weighted by molar-refractivity contribution is -0.0516. The van der Waals surface area contributed by atoms with E-state index < -0.39 is 82.8 Å². The second kappa shape index (κ2) is 10.9. The number of phosphoric ester groups is 1. The standard InChI is InChI=1S/C19H22F2N8O10P2S/c20-10-8-2-34-40(31,32)38-14-9(37-19(11(14)21)29-5-26-12-16(22)24-4-25-18(12)29)3-35-41(33,42)39-15(10)13(36-8)6-1-7(17(23)30)28-27-6/h1,4-5,8-11,13-15,19H,2-3H2,(H2,23,30)(H,27,28)(H,31,32)(H,33,42)(H2,22,24,25)/t8-,9-,10-,11-,13+,14-,15-,19-,41?/m1/s1. The van der Waals surface area contributed by atoms with E-state index in [-0.39, 0.29) is 28.4 Å². The van der Waals surface area contributed by atoms with Crippen LogP contribution < -0.4 is 11.5 Å². The molecule has 228 valence electrons. The summed E-state index contributed by atoms with van der Waals surface area (Å²) in [6, 6.07) is 1.17. The van der Waals surface area contributed by atoms with Gasteiger partial charge in [0.25, 0.3) is 5.91 Å². The SMILES string of the molecule is NC(=O)c1cc([C@@H]2O[C@@H]3COP(=O)(O)O[C@H]4[C@@H](F)[C@H](n5cnc6c(N)ncnc65)O[C@@H]4COP(O)(=S)O[C@@H]2[C@@H]3F)[nH]n1. The summed E-state index contributed by atoms with van der Waals surface area (Å²) in [6.45, 7) is -5.94. The number of nitrogen functional groups attached to an aromatic ring is 1. The van der Waals surface area contributed by atoms with Gasteiger partial charge in [-0.15, -0.1) is 0 Å². The Hall–Kier alpha value is -2.55. The minimum Gasteiger partial charge on any atom is -0.382 e. The van der Waals surface area contributed by atoms with Crippen LogP contribution in [0.1, 0.15) is 28.5 Å². The number of ether oxygens (including phenoxy) is 2. The number of hydrogen-bond acceptors (Lipinski definition) is 14. The first-order valence-corrected chi connectivity index (χ1v) is 16.1. The van der Waals surface area contributed by atoms with Crippen molar-refractivity contribution in [1.29, 1.82) is 0 Å². The van der Waals surface area contributed by atoms with Gasteiger partial charge in [-0.2, -0.15) is 5.10 Å². The van der Waals surface area contributed by atoms with Crippen molar-refractivity contribution in [2.75, 3.05) is 18.9 Å². The zero-order valence-electron chi connectivity index (χ0n) is 20.9. The van der Waals surface area contributed by atoms with Crippen molar-refractivity contribution in [3.8, 4) is 0 Å². The topological polar surface area (TPSA) is 254 Å². The second-order valence-electron chi connectivity index (χ2n) is 9.37. The number of hydrogen-bond donors (Lipinski definition) is 5. The molecule has 7 N–H and O–H groups in total. The normalized spacial score (nSPS) is 39.3. The van der Waals surface area contributed by atoms with Crippen LogP contribution in [0.4, 0.5) is 14.6 Å². The highest BCUT2D eigenvalue weighted by Gasteiger charge is 2.54. The highest BCUT2D eigenvalue weighted by atomic mass is 32.5. The number of phosphoric acid groups is 1. The van der Waals surface area contributed by atoms with E-state index in [0.717, 1.165) is 6.33 Å². The number of anilines is 1. The fourth-order valence-electron chi connectivity index (χ4n) is 4.76. The molecule has 3 saturated heterocycles. The minimum atomic E-state index is -5.10. The first kappa shape index (κ1) is 29.5. The van der Waals surface area contributed by atoms with Gasteiger partial charge >= 0.3 is 14.5 Å². The van der Waals surface area contributed by atoms with E-state index >= 15 is 8.78 Å². The van der Waals surface area contributed by atoms with Crippen LogP contribution in [0.25, 0.3) is 11.2 Å². The molecule has 6 rings (SSSR count). The van der Waals surface area contributed by atoms with Crippen molar-refractivity contribution in [3.05, 3.63) is 30.1 Å². The Labute approximate surface area is 238 Å². The highest BCUT2D eigenvalue weighted by Crippen LogP contribution is 2.54. The number of nitrogens with two attached hydrogens (primary N) is 2. The molecule has 0 aliphatic carbocycles. The average Bonchev–Trinajstić information content (AvgIpc) is 3.69. The Kier molecular flexibility index (Phi) is 7.64. The van der Waals surface area contributed by atoms with Crippen molar-refractivity contribution in [3.63, 3.8) is 0 Å². The van der Waals surface area contributed by atoms with Gasteiger partial charge in [-0.25, -0.2) is 28.3 Å². The number of primary amides is 1. The zero-order chi connectivity index (χ0) is 30.0. The van der Waals surface area contributed by atoms with Crippen LogP contribution in [0.2, 0.25) is 0 Å². The van der Waals surface area contributed by atoms with E-state index in [2.05, 4.69) is 25.1 Å². The summed E-state index contributed by atoms with van der Waals surface area (Å²) in [6.07, 6.45) is -11.4. The molecule has 3 aliphatic heterocycles. The number of nitrogens with zero attached hydrogens (tertiary/aromatic N) is 5. The van der Waals surface area contributed by atoms with E-state index in [1.54, 1.807) is 0 Å². The third-order valence-corrected chi connectivity index (χ3v) is 9.23. The van der Waals surface area contributed by atoms with Crippen LogP contribution in [0.15, 0.2) is 18.7 Å². The molecule has 3 fully saturated rings. The van der Waals surface area contributed by atoms with E-state index in [9.17, 15) is 19.1 Å². The molecule has 2 unspecified atom stereocenters. The maximum Gasteiger partial charge on any atom is 0.472 e. The number of imidazole rings is 1. The summed E-state index contributed by atoms with van der Waals surface area (Å²) in [5.74, 6) is -0.876. The number of fused-ring (bicyclic) bond motifs is 4. The lowest BCUT2D eigenvalue weighted by atomic mass is 10.1. The molecular weight excluding hydrogens is 632 g/mol. The Bertz CT molecular complexity index is 1620. The fourth-order valence-corrected chi connectivity index (χ4v) is 7.13. The Morgan fingerprint density at radius 1 is 1.10 bits per heavy atom. The number of nitrogens with one attached hydrogen (secondary N) is 1. The predicted molar refractivity (Wildman–Crippen MR) is 136 cm³/mol. The van der Waals surface area contributed by atoms with Gasteiger partial charge in [0.15, 0.2) is 30.0 Å². The van der Waals surface area contributed by atoms with Crippen molar-refractivity contribution < 1.29 is 55.5 Å². The minimum absolute atomic E-state index is 0.0166. The van der Waals surface area contributed by atoms with Crippen molar-refractivity contribution in [2.45, 2.75) is 49.1 Å². The lowest BCUT2D eigenvalue weighted by Crippen LogP contribution is -2.34. The number of aromatic amines is 1. The number of carbonyl (C=O) groups is 1. The number of aromatic nitrogens is 6. The number of carbonyl (C=O) groups excluding carboxylic acids is 1. The van der Waals surface area contributed by atoms with Gasteiger partial charge in [0, 0.05) is 0 Å². The lowest BCUT2D eigenvalue weighted by Gasteiger charge is -2.26. The maximum atomic E-state index is 15.8. The zero-order valence-corrected chi connectivity index (χ0v) is 23.5. The molecule has 2 bridgehead atoms. The van der Waals surface area contributed by atoms with Crippen LogP contribution in [-0.2, 0) is 43.9 Å². The third-order valence-electron chi connectivity index (χ3n) is 6.69. The van der Waals surface area contributed by atoms with Gasteiger partial charge in [0.2, 0.25) is 0 Å². The molecule has 3 aliphatic rings. The van der Waals surface area contributed by atoms with Gasteiger partial charge < -0.3 is 35.3 Å². The number of amides is 1. The van der Waals surface area contributed by atoms with Crippen LogP contribution in [-0.4, -0.2) is 95.4 Å². The summed E-state index contributed by atoms with van der Waals surface area (Å²) >= 11 is 5.07.